The summed E-state index contributed by atoms with van der Waals surface area (Å²) in [4.78, 5) is 11.4. The largest absolute Gasteiger partial charge is 0.444 e. The van der Waals surface area contributed by atoms with E-state index in [4.69, 9.17) is 16.3 Å². The number of carbonyl (C=O) groups is 1. The van der Waals surface area contributed by atoms with E-state index in [0.29, 0.717) is 5.88 Å². The second-order valence-corrected chi connectivity index (χ2v) is 4.95. The zero-order chi connectivity index (χ0) is 11.9. The van der Waals surface area contributed by atoms with Crippen LogP contribution in [0, 0.1) is 0 Å². The Morgan fingerprint density at radius 1 is 1.47 bits per heavy atom. The fourth-order valence-electron chi connectivity index (χ4n) is 1.11. The van der Waals surface area contributed by atoms with Crippen LogP contribution in [-0.4, -0.2) is 23.6 Å². The van der Waals surface area contributed by atoms with Crippen LogP contribution < -0.4 is 5.32 Å². The molecule has 15 heavy (non-hydrogen) atoms. The number of halogens is 1. The van der Waals surface area contributed by atoms with Crippen LogP contribution in [0.25, 0.3) is 0 Å². The van der Waals surface area contributed by atoms with Crippen LogP contribution in [-0.2, 0) is 4.74 Å². The molecule has 0 fully saturated rings. The highest BCUT2D eigenvalue weighted by Crippen LogP contribution is 2.08. The molecule has 0 aromatic carbocycles. The van der Waals surface area contributed by atoms with Crippen molar-refractivity contribution in [1.29, 1.82) is 0 Å². The van der Waals surface area contributed by atoms with E-state index in [2.05, 4.69) is 12.2 Å². The molecule has 0 heterocycles. The van der Waals surface area contributed by atoms with Gasteiger partial charge in [0, 0.05) is 11.9 Å². The first-order valence-electron chi connectivity index (χ1n) is 5.44. The standard InChI is InChI=1S/C11H22ClNO2/c1-5-6-7-9(8-12)13-10(14)15-11(2,3)4/h9H,5-8H2,1-4H3,(H,13,14). The SMILES string of the molecule is CCCCC(CCl)NC(=O)OC(C)(C)C. The van der Waals surface area contributed by atoms with E-state index in [0.717, 1.165) is 19.3 Å². The van der Waals surface area contributed by atoms with Crippen LogP contribution in [0.15, 0.2) is 0 Å². The predicted molar refractivity (Wildman–Crippen MR) is 63.4 cm³/mol. The Kier molecular flexibility index (Phi) is 6.73. The number of hydrogen-bond acceptors (Lipinski definition) is 2. The number of ether oxygens (including phenoxy) is 1. The van der Waals surface area contributed by atoms with E-state index in [1.54, 1.807) is 0 Å². The Morgan fingerprint density at radius 3 is 2.47 bits per heavy atom. The average Bonchev–Trinajstić information content (AvgIpc) is 2.09. The molecule has 3 nitrogen and oxygen atoms in total. The number of nitrogens with one attached hydrogen (secondary N) is 1. The first-order valence-corrected chi connectivity index (χ1v) is 5.98. The van der Waals surface area contributed by atoms with Crippen LogP contribution in [0.5, 0.6) is 0 Å². The number of unbranched alkanes of at least 4 members (excludes halogenated alkanes) is 1. The number of rotatable bonds is 5. The van der Waals surface area contributed by atoms with Crippen LogP contribution in [0.3, 0.4) is 0 Å². The van der Waals surface area contributed by atoms with Crippen molar-refractivity contribution in [3.63, 3.8) is 0 Å². The van der Waals surface area contributed by atoms with Crippen molar-refractivity contribution in [1.82, 2.24) is 5.32 Å². The molecule has 0 aliphatic rings. The van der Waals surface area contributed by atoms with Gasteiger partial charge in [0.25, 0.3) is 0 Å². The maximum Gasteiger partial charge on any atom is 0.407 e. The Morgan fingerprint density at radius 2 is 2.07 bits per heavy atom. The molecule has 0 aliphatic heterocycles. The van der Waals surface area contributed by atoms with Gasteiger partial charge in [-0.2, -0.15) is 0 Å². The van der Waals surface area contributed by atoms with Gasteiger partial charge >= 0.3 is 6.09 Å². The number of alkyl halides is 1. The maximum absolute atomic E-state index is 11.4. The van der Waals surface area contributed by atoms with Gasteiger partial charge in [-0.05, 0) is 27.2 Å². The molecule has 0 saturated carbocycles. The third-order valence-electron chi connectivity index (χ3n) is 1.81. The second kappa shape index (κ2) is 6.94. The van der Waals surface area contributed by atoms with Crippen molar-refractivity contribution >= 4 is 17.7 Å². The number of carbonyl (C=O) groups excluding carboxylic acids is 1. The zero-order valence-electron chi connectivity index (χ0n) is 10.1. The molecule has 1 atom stereocenters. The molecular weight excluding hydrogens is 214 g/mol. The van der Waals surface area contributed by atoms with Gasteiger partial charge < -0.3 is 10.1 Å². The molecule has 1 unspecified atom stereocenters. The number of amides is 1. The summed E-state index contributed by atoms with van der Waals surface area (Å²) in [6, 6.07) is 0.0152. The predicted octanol–water partition coefficient (Wildman–Crippen LogP) is 3.31. The molecule has 0 spiro atoms. The lowest BCUT2D eigenvalue weighted by atomic mass is 10.1. The van der Waals surface area contributed by atoms with Crippen molar-refractivity contribution in [2.75, 3.05) is 5.88 Å². The quantitative estimate of drug-likeness (QED) is 0.743. The summed E-state index contributed by atoms with van der Waals surface area (Å²) in [6.45, 7) is 7.63. The summed E-state index contributed by atoms with van der Waals surface area (Å²) in [5.41, 5.74) is -0.453. The summed E-state index contributed by atoms with van der Waals surface area (Å²) >= 11 is 5.75. The molecule has 1 N–H and O–H groups in total. The van der Waals surface area contributed by atoms with E-state index < -0.39 is 5.60 Å². The lowest BCUT2D eigenvalue weighted by Crippen LogP contribution is -2.40. The summed E-state index contributed by atoms with van der Waals surface area (Å²) < 4.78 is 5.14. The normalized spacial score (nSPS) is 13.4. The third-order valence-corrected chi connectivity index (χ3v) is 2.19. The van der Waals surface area contributed by atoms with Crippen molar-refractivity contribution in [2.24, 2.45) is 0 Å². The molecule has 0 aromatic heterocycles. The lowest BCUT2D eigenvalue weighted by molar-refractivity contribution is 0.0506. The van der Waals surface area contributed by atoms with Gasteiger partial charge in [-0.25, -0.2) is 4.79 Å². The smallest absolute Gasteiger partial charge is 0.407 e. The Hall–Kier alpha value is -0.440. The van der Waals surface area contributed by atoms with Crippen molar-refractivity contribution < 1.29 is 9.53 Å². The van der Waals surface area contributed by atoms with E-state index >= 15 is 0 Å². The molecule has 0 bridgehead atoms. The van der Waals surface area contributed by atoms with Crippen molar-refractivity contribution in [3.05, 3.63) is 0 Å². The van der Waals surface area contributed by atoms with Gasteiger partial charge in [-0.1, -0.05) is 19.8 Å². The van der Waals surface area contributed by atoms with E-state index in [1.807, 2.05) is 20.8 Å². The summed E-state index contributed by atoms with van der Waals surface area (Å²) in [6.07, 6.45) is 2.68. The highest BCUT2D eigenvalue weighted by atomic mass is 35.5. The van der Waals surface area contributed by atoms with Crippen LogP contribution >= 0.6 is 11.6 Å². The van der Waals surface area contributed by atoms with Crippen molar-refractivity contribution in [2.45, 2.75) is 58.6 Å². The Bertz CT molecular complexity index is 190. The highest BCUT2D eigenvalue weighted by Gasteiger charge is 2.18. The molecule has 0 radical (unpaired) electrons. The molecule has 0 saturated heterocycles. The fraction of sp³-hybridized carbons (Fsp3) is 0.909. The molecule has 90 valence electrons. The van der Waals surface area contributed by atoms with Gasteiger partial charge in [0.2, 0.25) is 0 Å². The van der Waals surface area contributed by atoms with Crippen LogP contribution in [0.4, 0.5) is 4.79 Å². The molecule has 0 aromatic rings. The molecule has 1 amide bonds. The van der Waals surface area contributed by atoms with Gasteiger partial charge in [-0.15, -0.1) is 11.6 Å². The summed E-state index contributed by atoms with van der Waals surface area (Å²) in [5, 5.41) is 2.76. The zero-order valence-corrected chi connectivity index (χ0v) is 10.9. The minimum Gasteiger partial charge on any atom is -0.444 e. The molecule has 0 rings (SSSR count). The van der Waals surface area contributed by atoms with Crippen LogP contribution in [0.1, 0.15) is 47.0 Å². The maximum atomic E-state index is 11.4. The monoisotopic (exact) mass is 235 g/mol. The third kappa shape index (κ3) is 8.55. The highest BCUT2D eigenvalue weighted by molar-refractivity contribution is 6.18. The second-order valence-electron chi connectivity index (χ2n) is 4.64. The van der Waals surface area contributed by atoms with Gasteiger partial charge in [0.1, 0.15) is 5.60 Å². The van der Waals surface area contributed by atoms with Gasteiger partial charge in [0.05, 0.1) is 0 Å². The fourth-order valence-corrected chi connectivity index (χ4v) is 1.34. The van der Waals surface area contributed by atoms with E-state index in [-0.39, 0.29) is 12.1 Å². The molecule has 0 aliphatic carbocycles. The summed E-state index contributed by atoms with van der Waals surface area (Å²) in [7, 11) is 0. The number of alkyl carbamates (subject to hydrolysis) is 1. The Labute approximate surface area is 97.5 Å². The minimum absolute atomic E-state index is 0.0152. The Balaban J connectivity index is 3.91. The topological polar surface area (TPSA) is 38.3 Å². The molecular formula is C11H22ClNO2. The van der Waals surface area contributed by atoms with Crippen LogP contribution in [0.2, 0.25) is 0 Å². The lowest BCUT2D eigenvalue weighted by Gasteiger charge is -2.22. The van der Waals surface area contributed by atoms with E-state index in [9.17, 15) is 4.79 Å². The first kappa shape index (κ1) is 14.6. The molecule has 4 heteroatoms. The average molecular weight is 236 g/mol. The van der Waals surface area contributed by atoms with E-state index in [1.165, 1.54) is 0 Å². The number of hydrogen-bond donors (Lipinski definition) is 1. The summed E-state index contributed by atoms with van der Waals surface area (Å²) in [5.74, 6) is 0.430. The first-order chi connectivity index (χ1) is 6.89. The van der Waals surface area contributed by atoms with Crippen molar-refractivity contribution in [3.8, 4) is 0 Å². The minimum atomic E-state index is -0.453. The van der Waals surface area contributed by atoms with Gasteiger partial charge in [0.15, 0.2) is 0 Å². The van der Waals surface area contributed by atoms with Gasteiger partial charge in [-0.3, -0.25) is 0 Å².